The van der Waals surface area contributed by atoms with Crippen molar-refractivity contribution in [2.24, 2.45) is 0 Å². The van der Waals surface area contributed by atoms with Crippen molar-refractivity contribution in [1.82, 2.24) is 0 Å². The number of benzene rings is 2. The first-order valence-corrected chi connectivity index (χ1v) is 9.98. The Bertz CT molecular complexity index is 811. The molecule has 0 spiro atoms. The Hall–Kier alpha value is -2.91. The van der Waals surface area contributed by atoms with Gasteiger partial charge in [-0.2, -0.15) is 0 Å². The van der Waals surface area contributed by atoms with Gasteiger partial charge in [-0.1, -0.05) is 49.9 Å². The van der Waals surface area contributed by atoms with Gasteiger partial charge in [0.1, 0.15) is 0 Å². The molecule has 2 aromatic rings. The van der Waals surface area contributed by atoms with E-state index in [2.05, 4.69) is 0 Å². The van der Waals surface area contributed by atoms with Gasteiger partial charge in [-0.25, -0.2) is 4.79 Å². The summed E-state index contributed by atoms with van der Waals surface area (Å²) in [6.07, 6.45) is 5.51. The molecule has 0 aliphatic heterocycles. The maximum atomic E-state index is 11.9. The SMILES string of the molecule is O=C(OCCCCCCCCOc1ccccc1[N+](=O)[O-])c1ccc(B(O)O)cc1. The first-order valence-electron chi connectivity index (χ1n) is 9.98. The molecule has 8 nitrogen and oxygen atoms in total. The van der Waals surface area contributed by atoms with Crippen LogP contribution in [0.25, 0.3) is 0 Å². The minimum Gasteiger partial charge on any atom is -0.487 e. The predicted molar refractivity (Wildman–Crippen MR) is 113 cm³/mol. The highest BCUT2D eigenvalue weighted by atomic mass is 16.6. The minimum atomic E-state index is -1.56. The number of nitro benzene ring substituents is 1. The fraction of sp³-hybridized carbons (Fsp3) is 0.381. The molecule has 0 bridgehead atoms. The van der Waals surface area contributed by atoms with Crippen molar-refractivity contribution in [1.29, 1.82) is 0 Å². The Morgan fingerprint density at radius 2 is 1.50 bits per heavy atom. The second kappa shape index (κ2) is 12.6. The lowest BCUT2D eigenvalue weighted by Gasteiger charge is -2.07. The van der Waals surface area contributed by atoms with Crippen molar-refractivity contribution < 1.29 is 29.2 Å². The summed E-state index contributed by atoms with van der Waals surface area (Å²) in [5, 5.41) is 29.0. The lowest BCUT2D eigenvalue weighted by atomic mass is 9.80. The molecule has 2 N–H and O–H groups in total. The van der Waals surface area contributed by atoms with E-state index in [4.69, 9.17) is 19.5 Å². The van der Waals surface area contributed by atoms with E-state index in [0.717, 1.165) is 38.5 Å². The predicted octanol–water partition coefficient (Wildman–Crippen LogP) is 2.85. The van der Waals surface area contributed by atoms with E-state index < -0.39 is 18.0 Å². The maximum Gasteiger partial charge on any atom is 0.488 e. The van der Waals surface area contributed by atoms with Crippen LogP contribution in [0.15, 0.2) is 48.5 Å². The van der Waals surface area contributed by atoms with Crippen LogP contribution in [0.1, 0.15) is 48.9 Å². The van der Waals surface area contributed by atoms with Gasteiger partial charge in [0.25, 0.3) is 0 Å². The van der Waals surface area contributed by atoms with Crippen molar-refractivity contribution in [3.8, 4) is 5.75 Å². The normalized spacial score (nSPS) is 10.5. The summed E-state index contributed by atoms with van der Waals surface area (Å²) < 4.78 is 10.7. The fourth-order valence-electron chi connectivity index (χ4n) is 2.86. The van der Waals surface area contributed by atoms with Gasteiger partial charge in [0.05, 0.1) is 23.7 Å². The Kier molecular flexibility index (Phi) is 9.83. The molecule has 0 aromatic heterocycles. The highest BCUT2D eigenvalue weighted by Crippen LogP contribution is 2.25. The third-order valence-electron chi connectivity index (χ3n) is 4.54. The summed E-state index contributed by atoms with van der Waals surface area (Å²) in [7, 11) is -1.56. The van der Waals surface area contributed by atoms with Crippen LogP contribution in [0.3, 0.4) is 0 Å². The van der Waals surface area contributed by atoms with Gasteiger partial charge < -0.3 is 19.5 Å². The third-order valence-corrected chi connectivity index (χ3v) is 4.54. The first kappa shape index (κ1) is 23.4. The number of hydrogen-bond acceptors (Lipinski definition) is 7. The van der Waals surface area contributed by atoms with Crippen molar-refractivity contribution in [3.05, 3.63) is 64.2 Å². The number of nitrogens with zero attached hydrogens (tertiary/aromatic N) is 1. The molecule has 0 aliphatic carbocycles. The lowest BCUT2D eigenvalue weighted by Crippen LogP contribution is -2.29. The van der Waals surface area contributed by atoms with Gasteiger partial charge >= 0.3 is 18.8 Å². The fourth-order valence-corrected chi connectivity index (χ4v) is 2.86. The molecule has 0 aliphatic rings. The highest BCUT2D eigenvalue weighted by Gasteiger charge is 2.13. The highest BCUT2D eigenvalue weighted by molar-refractivity contribution is 6.58. The quantitative estimate of drug-likeness (QED) is 0.170. The summed E-state index contributed by atoms with van der Waals surface area (Å²) in [4.78, 5) is 22.4. The van der Waals surface area contributed by atoms with Crippen LogP contribution < -0.4 is 10.2 Å². The topological polar surface area (TPSA) is 119 Å². The Balaban J connectivity index is 1.50. The Labute approximate surface area is 175 Å². The van der Waals surface area contributed by atoms with Gasteiger partial charge in [-0.05, 0) is 36.5 Å². The largest absolute Gasteiger partial charge is 0.488 e. The molecule has 9 heteroatoms. The van der Waals surface area contributed by atoms with Crippen molar-refractivity contribution in [2.75, 3.05) is 13.2 Å². The van der Waals surface area contributed by atoms with E-state index >= 15 is 0 Å². The number of carbonyl (C=O) groups is 1. The summed E-state index contributed by atoms with van der Waals surface area (Å²) >= 11 is 0. The molecule has 0 atom stereocenters. The van der Waals surface area contributed by atoms with Gasteiger partial charge in [0.2, 0.25) is 0 Å². The van der Waals surface area contributed by atoms with E-state index in [9.17, 15) is 14.9 Å². The lowest BCUT2D eigenvalue weighted by molar-refractivity contribution is -0.385. The van der Waals surface area contributed by atoms with Crippen molar-refractivity contribution >= 4 is 24.2 Å². The summed E-state index contributed by atoms with van der Waals surface area (Å²) in [5.74, 6) is -0.132. The van der Waals surface area contributed by atoms with Crippen LogP contribution in [-0.2, 0) is 4.74 Å². The molecule has 30 heavy (non-hydrogen) atoms. The summed E-state index contributed by atoms with van der Waals surface area (Å²) in [6, 6.07) is 12.3. The zero-order valence-corrected chi connectivity index (χ0v) is 16.7. The van der Waals surface area contributed by atoms with E-state index in [1.54, 1.807) is 18.2 Å². The van der Waals surface area contributed by atoms with E-state index in [-0.39, 0.29) is 5.69 Å². The number of nitro groups is 1. The minimum absolute atomic E-state index is 0.0195. The average Bonchev–Trinajstić information content (AvgIpc) is 2.75. The zero-order valence-electron chi connectivity index (χ0n) is 16.7. The van der Waals surface area contributed by atoms with Crippen LogP contribution in [0, 0.1) is 10.1 Å². The molecule has 0 fully saturated rings. The number of carbonyl (C=O) groups excluding carboxylic acids is 1. The molecule has 0 amide bonds. The monoisotopic (exact) mass is 415 g/mol. The molecule has 2 rings (SSSR count). The summed E-state index contributed by atoms with van der Waals surface area (Å²) in [6.45, 7) is 0.776. The van der Waals surface area contributed by atoms with Crippen LogP contribution >= 0.6 is 0 Å². The molecule has 0 radical (unpaired) electrons. The number of unbranched alkanes of at least 4 members (excludes halogenated alkanes) is 5. The van der Waals surface area contributed by atoms with E-state index in [1.165, 1.54) is 30.3 Å². The Morgan fingerprint density at radius 3 is 2.13 bits per heavy atom. The second-order valence-corrected chi connectivity index (χ2v) is 6.83. The van der Waals surface area contributed by atoms with Gasteiger partial charge in [0.15, 0.2) is 5.75 Å². The van der Waals surface area contributed by atoms with Crippen molar-refractivity contribution in [3.63, 3.8) is 0 Å². The molecule has 0 saturated heterocycles. The molecular weight excluding hydrogens is 389 g/mol. The first-order chi connectivity index (χ1) is 14.5. The van der Waals surface area contributed by atoms with Crippen LogP contribution in [0.4, 0.5) is 5.69 Å². The smallest absolute Gasteiger partial charge is 0.487 e. The van der Waals surface area contributed by atoms with E-state index in [0.29, 0.717) is 30.0 Å². The molecule has 0 unspecified atom stereocenters. The van der Waals surface area contributed by atoms with Crippen LogP contribution in [0.2, 0.25) is 0 Å². The van der Waals surface area contributed by atoms with Gasteiger partial charge in [-0.15, -0.1) is 0 Å². The zero-order chi connectivity index (χ0) is 21.8. The molecule has 160 valence electrons. The van der Waals surface area contributed by atoms with Crippen LogP contribution in [-0.4, -0.2) is 41.3 Å². The molecule has 0 saturated carbocycles. The number of rotatable bonds is 13. The molecule has 0 heterocycles. The second-order valence-electron chi connectivity index (χ2n) is 6.83. The maximum absolute atomic E-state index is 11.9. The molecular formula is C21H26BNO7. The number of hydrogen-bond donors (Lipinski definition) is 2. The van der Waals surface area contributed by atoms with Gasteiger partial charge in [0, 0.05) is 6.07 Å². The van der Waals surface area contributed by atoms with E-state index in [1.807, 2.05) is 0 Å². The average molecular weight is 415 g/mol. The molecule has 2 aromatic carbocycles. The summed E-state index contributed by atoms with van der Waals surface area (Å²) in [5.41, 5.74) is 0.672. The standard InChI is InChI=1S/C21H26BNO7/c24-21(17-11-13-18(14-12-17)22(25)26)30-16-8-4-2-1-3-7-15-29-20-10-6-5-9-19(20)23(27)28/h5-6,9-14,25-26H,1-4,7-8,15-16H2. The third kappa shape index (κ3) is 7.84. The number of para-hydroxylation sites is 2. The number of ether oxygens (including phenoxy) is 2. The van der Waals surface area contributed by atoms with Gasteiger partial charge in [-0.3, -0.25) is 10.1 Å². The Morgan fingerprint density at radius 1 is 0.900 bits per heavy atom. The van der Waals surface area contributed by atoms with Crippen molar-refractivity contribution in [2.45, 2.75) is 38.5 Å². The number of esters is 1. The van der Waals surface area contributed by atoms with Crippen LogP contribution in [0.5, 0.6) is 5.75 Å².